The molecule has 9 heteroatoms. The number of benzene rings is 2. The van der Waals surface area contributed by atoms with Gasteiger partial charge < -0.3 is 20.4 Å². The normalized spacial score (nSPS) is 15.5. The number of anilines is 1. The van der Waals surface area contributed by atoms with Crippen LogP contribution in [0.5, 0.6) is 0 Å². The van der Waals surface area contributed by atoms with Gasteiger partial charge in [0, 0.05) is 47.9 Å². The number of hydrogen-bond acceptors (Lipinski definition) is 6. The van der Waals surface area contributed by atoms with Crippen molar-refractivity contribution < 1.29 is 14.0 Å². The van der Waals surface area contributed by atoms with Crippen molar-refractivity contribution in [1.29, 1.82) is 0 Å². The summed E-state index contributed by atoms with van der Waals surface area (Å²) in [6.45, 7) is 4.31. The predicted octanol–water partition coefficient (Wildman–Crippen LogP) is 3.26. The number of rotatable bonds is 5. The Labute approximate surface area is 207 Å². The van der Waals surface area contributed by atoms with Crippen LogP contribution >= 0.6 is 11.3 Å². The molecule has 180 valence electrons. The maximum Gasteiger partial charge on any atom is 0.259 e. The largest absolute Gasteiger partial charge is 0.369 e. The fourth-order valence-electron chi connectivity index (χ4n) is 4.24. The van der Waals surface area contributed by atoms with Crippen LogP contribution in [0.2, 0.25) is 0 Å². The van der Waals surface area contributed by atoms with Gasteiger partial charge in [-0.25, -0.2) is 4.39 Å². The van der Waals surface area contributed by atoms with E-state index in [1.54, 1.807) is 29.5 Å². The highest BCUT2D eigenvalue weighted by Crippen LogP contribution is 2.22. The molecule has 2 aliphatic heterocycles. The Morgan fingerprint density at radius 1 is 1.06 bits per heavy atom. The summed E-state index contributed by atoms with van der Waals surface area (Å²) >= 11 is 1.58. The molecule has 3 heterocycles. The van der Waals surface area contributed by atoms with Crippen LogP contribution in [0, 0.1) is 5.82 Å². The number of amides is 2. The molecule has 2 aliphatic rings. The zero-order valence-electron chi connectivity index (χ0n) is 19.4. The van der Waals surface area contributed by atoms with Gasteiger partial charge in [-0.05, 0) is 54.4 Å². The van der Waals surface area contributed by atoms with Gasteiger partial charge in [-0.15, -0.1) is 11.3 Å². The molecule has 1 saturated heterocycles. The van der Waals surface area contributed by atoms with Crippen molar-refractivity contribution >= 4 is 34.7 Å². The number of hydrogen-bond donors (Lipinski definition) is 2. The average molecular weight is 492 g/mol. The number of carbonyl (C=O) groups is 2. The van der Waals surface area contributed by atoms with E-state index in [1.165, 1.54) is 12.1 Å². The van der Waals surface area contributed by atoms with Crippen LogP contribution in [0.15, 0.2) is 58.9 Å². The highest BCUT2D eigenvalue weighted by molar-refractivity contribution is 7.09. The molecular formula is C26H26FN5O2S. The second kappa shape index (κ2) is 9.97. The molecule has 0 bridgehead atoms. The molecule has 0 aliphatic carbocycles. The van der Waals surface area contributed by atoms with Crippen LogP contribution in [0.1, 0.15) is 36.7 Å². The fraction of sp³-hybridized carbons (Fsp3) is 0.269. The van der Waals surface area contributed by atoms with E-state index in [2.05, 4.69) is 32.5 Å². The molecule has 3 aromatic rings. The minimum Gasteiger partial charge on any atom is -0.369 e. The average Bonchev–Trinajstić information content (AvgIpc) is 3.53. The summed E-state index contributed by atoms with van der Waals surface area (Å²) in [6.07, 6.45) is 0. The van der Waals surface area contributed by atoms with Crippen molar-refractivity contribution in [2.45, 2.75) is 13.1 Å². The molecule has 1 aromatic heterocycles. The summed E-state index contributed by atoms with van der Waals surface area (Å²) in [7, 11) is 2.07. The molecule has 5 rings (SSSR count). The number of fused-ring (bicyclic) bond motifs is 1. The highest BCUT2D eigenvalue weighted by Gasteiger charge is 2.23. The SMILES string of the molecule is CN1CCN(c2ccc(C(=O)NC3=NCc4ccc(C(=O)NCc5cccs5)cc43)c(F)c2)CC1. The van der Waals surface area contributed by atoms with Gasteiger partial charge in [0.2, 0.25) is 0 Å². The van der Waals surface area contributed by atoms with E-state index in [9.17, 15) is 14.0 Å². The Balaban J connectivity index is 1.26. The fourth-order valence-corrected chi connectivity index (χ4v) is 4.88. The van der Waals surface area contributed by atoms with E-state index >= 15 is 0 Å². The number of carbonyl (C=O) groups excluding carboxylic acids is 2. The van der Waals surface area contributed by atoms with Crippen molar-refractivity contribution in [3.8, 4) is 0 Å². The first-order valence-corrected chi connectivity index (χ1v) is 12.4. The standard InChI is InChI=1S/C26H26FN5O2S/c1-31-8-10-32(11-9-31)19-6-7-21(23(27)14-19)26(34)30-24-22-13-17(4-5-18(22)15-28-24)25(33)29-16-20-3-2-12-35-20/h2-7,12-14H,8-11,15-16H2,1H3,(H,29,33)(H,28,30,34). The summed E-state index contributed by atoms with van der Waals surface area (Å²) in [5.41, 5.74) is 2.79. The molecule has 0 saturated carbocycles. The van der Waals surface area contributed by atoms with Crippen molar-refractivity contribution in [3.05, 3.63) is 86.9 Å². The van der Waals surface area contributed by atoms with Gasteiger partial charge in [0.05, 0.1) is 18.7 Å². The van der Waals surface area contributed by atoms with Gasteiger partial charge in [-0.2, -0.15) is 0 Å². The first-order valence-electron chi connectivity index (χ1n) is 11.5. The second-order valence-electron chi connectivity index (χ2n) is 8.71. The van der Waals surface area contributed by atoms with Crippen LogP contribution in [0.4, 0.5) is 10.1 Å². The predicted molar refractivity (Wildman–Crippen MR) is 136 cm³/mol. The zero-order chi connectivity index (χ0) is 24.4. The first kappa shape index (κ1) is 23.2. The molecule has 0 radical (unpaired) electrons. The van der Waals surface area contributed by atoms with Crippen LogP contribution in [-0.2, 0) is 13.1 Å². The second-order valence-corrected chi connectivity index (χ2v) is 9.74. The van der Waals surface area contributed by atoms with Crippen LogP contribution in [-0.4, -0.2) is 55.8 Å². The third-order valence-corrected chi connectivity index (χ3v) is 7.21. The van der Waals surface area contributed by atoms with Crippen molar-refractivity contribution in [1.82, 2.24) is 15.5 Å². The van der Waals surface area contributed by atoms with E-state index in [4.69, 9.17) is 0 Å². The molecule has 35 heavy (non-hydrogen) atoms. The number of halogens is 1. The van der Waals surface area contributed by atoms with E-state index in [0.29, 0.717) is 30.1 Å². The van der Waals surface area contributed by atoms with Gasteiger partial charge in [0.25, 0.3) is 11.8 Å². The molecule has 1 fully saturated rings. The molecule has 2 N–H and O–H groups in total. The molecule has 2 amide bonds. The summed E-state index contributed by atoms with van der Waals surface area (Å²) < 4.78 is 14.9. The van der Waals surface area contributed by atoms with Crippen molar-refractivity contribution in [3.63, 3.8) is 0 Å². The number of nitrogens with zero attached hydrogens (tertiary/aromatic N) is 3. The van der Waals surface area contributed by atoms with Gasteiger partial charge in [-0.1, -0.05) is 12.1 Å². The highest BCUT2D eigenvalue weighted by atomic mass is 32.1. The molecule has 0 atom stereocenters. The van der Waals surface area contributed by atoms with Crippen LogP contribution < -0.4 is 15.5 Å². The Hall–Kier alpha value is -3.56. The number of piperazine rings is 1. The lowest BCUT2D eigenvalue weighted by molar-refractivity contribution is 0.0949. The van der Waals surface area contributed by atoms with Gasteiger partial charge in [-0.3, -0.25) is 14.6 Å². The van der Waals surface area contributed by atoms with Crippen LogP contribution in [0.3, 0.4) is 0 Å². The summed E-state index contributed by atoms with van der Waals surface area (Å²) in [6, 6.07) is 13.9. The number of likely N-dealkylation sites (N-methyl/N-ethyl adjacent to an activating group) is 1. The number of nitrogens with one attached hydrogen (secondary N) is 2. The summed E-state index contributed by atoms with van der Waals surface area (Å²) in [5, 5.41) is 7.61. The third kappa shape index (κ3) is 5.11. The van der Waals surface area contributed by atoms with Gasteiger partial charge >= 0.3 is 0 Å². The van der Waals surface area contributed by atoms with E-state index in [1.807, 2.05) is 23.6 Å². The minimum atomic E-state index is -0.570. The number of amidine groups is 1. The Kier molecular flexibility index (Phi) is 6.61. The van der Waals surface area contributed by atoms with E-state index in [0.717, 1.165) is 42.3 Å². The van der Waals surface area contributed by atoms with E-state index < -0.39 is 11.7 Å². The Morgan fingerprint density at radius 2 is 1.89 bits per heavy atom. The third-order valence-electron chi connectivity index (χ3n) is 6.34. The lowest BCUT2D eigenvalue weighted by Gasteiger charge is -2.34. The van der Waals surface area contributed by atoms with Gasteiger partial charge in [0.1, 0.15) is 11.7 Å². The Morgan fingerprint density at radius 3 is 2.63 bits per heavy atom. The van der Waals surface area contributed by atoms with Crippen molar-refractivity contribution in [2.24, 2.45) is 4.99 Å². The number of aliphatic imine (C=N–C) groups is 1. The maximum absolute atomic E-state index is 14.9. The lowest BCUT2D eigenvalue weighted by atomic mass is 10.0. The molecule has 7 nitrogen and oxygen atoms in total. The Bertz CT molecular complexity index is 1280. The molecule has 0 spiro atoms. The molecule has 0 unspecified atom stereocenters. The van der Waals surface area contributed by atoms with Crippen molar-refractivity contribution in [2.75, 3.05) is 38.1 Å². The number of thiophene rings is 1. The van der Waals surface area contributed by atoms with Gasteiger partial charge in [0.15, 0.2) is 0 Å². The zero-order valence-corrected chi connectivity index (χ0v) is 20.2. The van der Waals surface area contributed by atoms with Crippen LogP contribution in [0.25, 0.3) is 0 Å². The smallest absolute Gasteiger partial charge is 0.259 e. The summed E-state index contributed by atoms with van der Waals surface area (Å²) in [4.78, 5) is 35.3. The maximum atomic E-state index is 14.9. The minimum absolute atomic E-state index is 0.0381. The topological polar surface area (TPSA) is 77.0 Å². The molecule has 2 aromatic carbocycles. The lowest BCUT2D eigenvalue weighted by Crippen LogP contribution is -2.44. The monoisotopic (exact) mass is 491 g/mol. The quantitative estimate of drug-likeness (QED) is 0.575. The molecular weight excluding hydrogens is 465 g/mol. The first-order chi connectivity index (χ1) is 17.0. The van der Waals surface area contributed by atoms with E-state index in [-0.39, 0.29) is 11.5 Å². The summed E-state index contributed by atoms with van der Waals surface area (Å²) in [5.74, 6) is -0.990.